The van der Waals surface area contributed by atoms with Crippen LogP contribution in [0, 0.1) is 20.2 Å². The Morgan fingerprint density at radius 3 is 2.64 bits per heavy atom. The molecule has 2 aromatic rings. The minimum atomic E-state index is -0.762. The van der Waals surface area contributed by atoms with Gasteiger partial charge in [0.05, 0.1) is 21.6 Å². The standard InChI is InChI=1S/C16H14N4O5/c1-2-3-6-14(13-7-4-5-10-17-13)18-25-16-9-8-12(19(21)22)11-15(16)20(23)24/h2,4-5,7-11H,1,3,6H2/b18-14+. The van der Waals surface area contributed by atoms with Gasteiger partial charge in [-0.1, -0.05) is 17.3 Å². The molecule has 0 saturated carbocycles. The van der Waals surface area contributed by atoms with Crippen LogP contribution in [0.3, 0.4) is 0 Å². The molecule has 1 heterocycles. The van der Waals surface area contributed by atoms with Crippen LogP contribution in [0.1, 0.15) is 18.5 Å². The summed E-state index contributed by atoms with van der Waals surface area (Å²) in [5.74, 6) is -0.192. The van der Waals surface area contributed by atoms with E-state index in [4.69, 9.17) is 4.84 Å². The smallest absolute Gasteiger partial charge is 0.321 e. The maximum Gasteiger partial charge on any atom is 0.321 e. The van der Waals surface area contributed by atoms with E-state index in [2.05, 4.69) is 16.7 Å². The lowest BCUT2D eigenvalue weighted by molar-refractivity contribution is -0.394. The number of hydrogen-bond donors (Lipinski definition) is 0. The number of benzene rings is 1. The van der Waals surface area contributed by atoms with Gasteiger partial charge < -0.3 is 4.84 Å². The minimum Gasteiger partial charge on any atom is -0.349 e. The molecular formula is C16H14N4O5. The summed E-state index contributed by atoms with van der Waals surface area (Å²) in [7, 11) is 0. The molecule has 0 N–H and O–H groups in total. The summed E-state index contributed by atoms with van der Waals surface area (Å²) in [5.41, 5.74) is 0.101. The summed E-state index contributed by atoms with van der Waals surface area (Å²) in [6.45, 7) is 3.64. The van der Waals surface area contributed by atoms with Crippen LogP contribution in [-0.2, 0) is 0 Å². The largest absolute Gasteiger partial charge is 0.349 e. The summed E-state index contributed by atoms with van der Waals surface area (Å²) in [5, 5.41) is 25.8. The van der Waals surface area contributed by atoms with Crippen LogP contribution in [-0.4, -0.2) is 20.5 Å². The van der Waals surface area contributed by atoms with Crippen molar-refractivity contribution in [2.45, 2.75) is 12.8 Å². The SMILES string of the molecule is C=CCC/C(=N\Oc1ccc([N+](=O)[O-])cc1[N+](=O)[O-])c1ccccn1. The highest BCUT2D eigenvalue weighted by Crippen LogP contribution is 2.31. The van der Waals surface area contributed by atoms with Crippen LogP contribution in [0.25, 0.3) is 0 Å². The molecule has 1 aromatic heterocycles. The molecule has 1 aromatic carbocycles. The number of oxime groups is 1. The number of hydrogen-bond acceptors (Lipinski definition) is 7. The first kappa shape index (κ1) is 17.7. The molecule has 0 saturated heterocycles. The first-order valence-corrected chi connectivity index (χ1v) is 7.22. The lowest BCUT2D eigenvalue weighted by Gasteiger charge is -2.05. The van der Waals surface area contributed by atoms with Gasteiger partial charge in [0, 0.05) is 12.3 Å². The van der Waals surface area contributed by atoms with Crippen LogP contribution < -0.4 is 4.84 Å². The molecule has 9 nitrogen and oxygen atoms in total. The van der Waals surface area contributed by atoms with Crippen LogP contribution in [0.2, 0.25) is 0 Å². The Bertz CT molecular complexity index is 821. The highest BCUT2D eigenvalue weighted by Gasteiger charge is 2.21. The van der Waals surface area contributed by atoms with E-state index in [1.165, 1.54) is 0 Å². The third-order valence-corrected chi connectivity index (χ3v) is 3.15. The maximum absolute atomic E-state index is 11.1. The van der Waals surface area contributed by atoms with E-state index in [1.54, 1.807) is 30.5 Å². The number of nitrogens with zero attached hydrogens (tertiary/aromatic N) is 4. The van der Waals surface area contributed by atoms with Gasteiger partial charge in [-0.2, -0.15) is 0 Å². The second-order valence-electron chi connectivity index (χ2n) is 4.84. The quantitative estimate of drug-likeness (QED) is 0.312. The Balaban J connectivity index is 2.35. The van der Waals surface area contributed by atoms with Gasteiger partial charge in [-0.15, -0.1) is 6.58 Å². The molecular weight excluding hydrogens is 328 g/mol. The molecule has 0 aliphatic rings. The van der Waals surface area contributed by atoms with E-state index in [0.717, 1.165) is 18.2 Å². The van der Waals surface area contributed by atoms with E-state index in [0.29, 0.717) is 24.2 Å². The van der Waals surface area contributed by atoms with Crippen molar-refractivity contribution in [3.05, 3.63) is 81.2 Å². The second kappa shape index (κ2) is 8.29. The molecule has 0 amide bonds. The maximum atomic E-state index is 11.1. The molecule has 0 bridgehead atoms. The molecule has 0 spiro atoms. The molecule has 25 heavy (non-hydrogen) atoms. The van der Waals surface area contributed by atoms with Crippen molar-refractivity contribution in [3.63, 3.8) is 0 Å². The minimum absolute atomic E-state index is 0.192. The lowest BCUT2D eigenvalue weighted by atomic mass is 10.1. The van der Waals surface area contributed by atoms with Gasteiger partial charge in [-0.05, 0) is 31.0 Å². The van der Waals surface area contributed by atoms with Crippen molar-refractivity contribution in [3.8, 4) is 5.75 Å². The van der Waals surface area contributed by atoms with E-state index < -0.39 is 21.2 Å². The van der Waals surface area contributed by atoms with Crippen LogP contribution in [0.4, 0.5) is 11.4 Å². The number of nitro groups is 2. The number of non-ortho nitro benzene ring substituents is 1. The van der Waals surface area contributed by atoms with Gasteiger partial charge in [0.15, 0.2) is 0 Å². The Morgan fingerprint density at radius 2 is 2.04 bits per heavy atom. The summed E-state index contributed by atoms with van der Waals surface area (Å²) in [4.78, 5) is 29.8. The third kappa shape index (κ3) is 4.67. The van der Waals surface area contributed by atoms with E-state index in [9.17, 15) is 20.2 Å². The zero-order valence-corrected chi connectivity index (χ0v) is 13.1. The van der Waals surface area contributed by atoms with Gasteiger partial charge in [-0.25, -0.2) is 0 Å². The van der Waals surface area contributed by atoms with Crippen LogP contribution >= 0.6 is 0 Å². The average Bonchev–Trinajstić information content (AvgIpc) is 2.62. The second-order valence-corrected chi connectivity index (χ2v) is 4.84. The number of nitro benzene ring substituents is 2. The van der Waals surface area contributed by atoms with E-state index in [1.807, 2.05) is 0 Å². The number of pyridine rings is 1. The van der Waals surface area contributed by atoms with E-state index >= 15 is 0 Å². The van der Waals surface area contributed by atoms with E-state index in [-0.39, 0.29) is 5.75 Å². The van der Waals surface area contributed by atoms with Gasteiger partial charge in [0.2, 0.25) is 5.75 Å². The Morgan fingerprint density at radius 1 is 1.24 bits per heavy atom. The molecule has 0 radical (unpaired) electrons. The average molecular weight is 342 g/mol. The first-order chi connectivity index (χ1) is 12.0. The predicted molar refractivity (Wildman–Crippen MR) is 90.6 cm³/mol. The number of allylic oxidation sites excluding steroid dienone is 1. The van der Waals surface area contributed by atoms with Gasteiger partial charge >= 0.3 is 5.69 Å². The molecule has 0 aliphatic carbocycles. The third-order valence-electron chi connectivity index (χ3n) is 3.15. The molecule has 0 fully saturated rings. The summed E-state index contributed by atoms with van der Waals surface area (Å²) in [6.07, 6.45) is 4.38. The lowest BCUT2D eigenvalue weighted by Crippen LogP contribution is -2.06. The van der Waals surface area contributed by atoms with Crippen molar-refractivity contribution in [2.24, 2.45) is 5.16 Å². The molecule has 128 valence electrons. The zero-order valence-electron chi connectivity index (χ0n) is 13.1. The molecule has 0 atom stereocenters. The van der Waals surface area contributed by atoms with Crippen LogP contribution in [0.15, 0.2) is 60.4 Å². The van der Waals surface area contributed by atoms with Gasteiger partial charge in [0.1, 0.15) is 5.71 Å². The molecule has 2 rings (SSSR count). The molecule has 0 unspecified atom stereocenters. The Hall–Kier alpha value is -3.62. The fourth-order valence-electron chi connectivity index (χ4n) is 1.94. The normalized spacial score (nSPS) is 11.0. The molecule has 9 heteroatoms. The van der Waals surface area contributed by atoms with Gasteiger partial charge in [-0.3, -0.25) is 25.2 Å². The highest BCUT2D eigenvalue weighted by atomic mass is 16.7. The van der Waals surface area contributed by atoms with Crippen molar-refractivity contribution < 1.29 is 14.7 Å². The highest BCUT2D eigenvalue weighted by molar-refractivity contribution is 5.98. The molecule has 0 aliphatic heterocycles. The van der Waals surface area contributed by atoms with Crippen molar-refractivity contribution in [1.82, 2.24) is 4.98 Å². The topological polar surface area (TPSA) is 121 Å². The van der Waals surface area contributed by atoms with Crippen LogP contribution in [0.5, 0.6) is 5.75 Å². The fourth-order valence-corrected chi connectivity index (χ4v) is 1.94. The summed E-state index contributed by atoms with van der Waals surface area (Å²) >= 11 is 0. The number of aromatic nitrogens is 1. The summed E-state index contributed by atoms with van der Waals surface area (Å²) in [6, 6.07) is 8.34. The summed E-state index contributed by atoms with van der Waals surface area (Å²) < 4.78 is 0. The van der Waals surface area contributed by atoms with Crippen molar-refractivity contribution >= 4 is 17.1 Å². The Labute approximate surface area is 142 Å². The van der Waals surface area contributed by atoms with Gasteiger partial charge in [0.25, 0.3) is 5.69 Å². The number of rotatable bonds is 8. The van der Waals surface area contributed by atoms with Crippen molar-refractivity contribution in [2.75, 3.05) is 0 Å². The zero-order chi connectivity index (χ0) is 18.2. The first-order valence-electron chi connectivity index (χ1n) is 7.22. The predicted octanol–water partition coefficient (Wildman–Crippen LogP) is 3.65. The van der Waals surface area contributed by atoms with Crippen molar-refractivity contribution in [1.29, 1.82) is 0 Å². The fraction of sp³-hybridized carbons (Fsp3) is 0.125. The monoisotopic (exact) mass is 342 g/mol. The Kier molecular flexibility index (Phi) is 5.88.